The van der Waals surface area contributed by atoms with Crippen LogP contribution in [0.25, 0.3) is 0 Å². The molecule has 2 heterocycles. The summed E-state index contributed by atoms with van der Waals surface area (Å²) in [7, 11) is -1.91. The van der Waals surface area contributed by atoms with Gasteiger partial charge >= 0.3 is 0 Å². The molecule has 0 unspecified atom stereocenters. The van der Waals surface area contributed by atoms with Gasteiger partial charge in [0.15, 0.2) is 8.32 Å². The highest BCUT2D eigenvalue weighted by atomic mass is 28.4. The molecule has 0 radical (unpaired) electrons. The van der Waals surface area contributed by atoms with E-state index in [-0.39, 0.29) is 22.9 Å². The van der Waals surface area contributed by atoms with E-state index in [0.29, 0.717) is 17.7 Å². The van der Waals surface area contributed by atoms with Crippen LogP contribution in [0.1, 0.15) is 48.4 Å². The normalized spacial score (nSPS) is 23.8. The Balaban J connectivity index is 1.73. The van der Waals surface area contributed by atoms with Gasteiger partial charge in [0.05, 0.1) is 17.2 Å². The van der Waals surface area contributed by atoms with Crippen molar-refractivity contribution in [3.05, 3.63) is 35.4 Å². The molecule has 1 saturated heterocycles. The Hall–Kier alpha value is -1.99. The van der Waals surface area contributed by atoms with Gasteiger partial charge in [-0.05, 0) is 30.3 Å². The molecule has 7 heteroatoms. The minimum absolute atomic E-state index is 0.00821. The summed E-state index contributed by atoms with van der Waals surface area (Å²) in [5.74, 6) is -1.07. The van der Waals surface area contributed by atoms with Crippen LogP contribution < -0.4 is 5.32 Å². The number of carbonyl (C=O) groups is 3. The highest BCUT2D eigenvalue weighted by Crippen LogP contribution is 2.37. The summed E-state index contributed by atoms with van der Waals surface area (Å²) >= 11 is 0. The van der Waals surface area contributed by atoms with Crippen LogP contribution in [0, 0.1) is 5.92 Å². The number of benzene rings is 1. The molecular weight excluding hydrogens is 360 g/mol. The van der Waals surface area contributed by atoms with Crippen molar-refractivity contribution in [2.24, 2.45) is 5.92 Å². The molecule has 2 aliphatic heterocycles. The Labute approximate surface area is 161 Å². The second-order valence-electron chi connectivity index (χ2n) is 9.05. The first kappa shape index (κ1) is 19.8. The van der Waals surface area contributed by atoms with Crippen LogP contribution in [0.2, 0.25) is 18.1 Å². The summed E-state index contributed by atoms with van der Waals surface area (Å²) in [4.78, 5) is 38.8. The number of fused-ring (bicyclic) bond motifs is 1. The Morgan fingerprint density at radius 1 is 1.11 bits per heavy atom. The monoisotopic (exact) mass is 388 g/mol. The van der Waals surface area contributed by atoms with Crippen LogP contribution in [0.4, 0.5) is 0 Å². The summed E-state index contributed by atoms with van der Waals surface area (Å²) < 4.78 is 6.27. The van der Waals surface area contributed by atoms with Crippen molar-refractivity contribution in [2.75, 3.05) is 6.61 Å². The summed E-state index contributed by atoms with van der Waals surface area (Å²) in [6.45, 7) is 13.4. The standard InChI is InChI=1S/C20H28N2O4Si/c1-12(11-26-27(5,6)20(2,3)4)15-16(17(23)21-15)22-18(24)13-9-7-8-10-14(13)19(22)25/h7-10,12,15-16H,11H2,1-6H3,(H,21,23)/t12-,15+,16-/m0/s1. The third-order valence-electron chi connectivity index (χ3n) is 6.15. The lowest BCUT2D eigenvalue weighted by molar-refractivity contribution is -0.136. The lowest BCUT2D eigenvalue weighted by atomic mass is 9.87. The van der Waals surface area contributed by atoms with E-state index in [1.54, 1.807) is 24.3 Å². The van der Waals surface area contributed by atoms with E-state index in [1.165, 1.54) is 0 Å². The minimum Gasteiger partial charge on any atom is -0.416 e. The van der Waals surface area contributed by atoms with Crippen LogP contribution >= 0.6 is 0 Å². The average Bonchev–Trinajstić information content (AvgIpc) is 2.82. The van der Waals surface area contributed by atoms with Crippen LogP contribution in [0.3, 0.4) is 0 Å². The quantitative estimate of drug-likeness (QED) is 0.478. The van der Waals surface area contributed by atoms with E-state index < -0.39 is 26.2 Å². The van der Waals surface area contributed by atoms with Gasteiger partial charge in [0.2, 0.25) is 5.91 Å². The van der Waals surface area contributed by atoms with E-state index >= 15 is 0 Å². The van der Waals surface area contributed by atoms with Gasteiger partial charge in [-0.1, -0.05) is 39.8 Å². The Kier molecular flexibility index (Phi) is 4.80. The number of rotatable bonds is 5. The topological polar surface area (TPSA) is 75.7 Å². The fourth-order valence-corrected chi connectivity index (χ4v) is 4.36. The fourth-order valence-electron chi connectivity index (χ4n) is 3.25. The van der Waals surface area contributed by atoms with Gasteiger partial charge < -0.3 is 9.74 Å². The predicted molar refractivity (Wildman–Crippen MR) is 105 cm³/mol. The van der Waals surface area contributed by atoms with Gasteiger partial charge in [-0.25, -0.2) is 0 Å². The zero-order chi connectivity index (χ0) is 20.1. The van der Waals surface area contributed by atoms with Crippen LogP contribution in [0.15, 0.2) is 24.3 Å². The largest absolute Gasteiger partial charge is 0.416 e. The van der Waals surface area contributed by atoms with Gasteiger partial charge in [-0.3, -0.25) is 19.3 Å². The molecule has 0 aliphatic carbocycles. The molecule has 146 valence electrons. The van der Waals surface area contributed by atoms with Gasteiger partial charge in [-0.15, -0.1) is 0 Å². The van der Waals surface area contributed by atoms with Crippen LogP contribution in [-0.2, 0) is 9.22 Å². The zero-order valence-electron chi connectivity index (χ0n) is 16.8. The minimum atomic E-state index is -1.91. The maximum Gasteiger partial charge on any atom is 0.262 e. The molecule has 1 N–H and O–H groups in total. The molecule has 1 fully saturated rings. The number of nitrogens with zero attached hydrogens (tertiary/aromatic N) is 1. The van der Waals surface area contributed by atoms with E-state index in [2.05, 4.69) is 39.2 Å². The number of nitrogens with one attached hydrogen (secondary N) is 1. The second kappa shape index (κ2) is 6.56. The van der Waals surface area contributed by atoms with Crippen molar-refractivity contribution < 1.29 is 18.8 Å². The molecule has 0 aromatic heterocycles. The van der Waals surface area contributed by atoms with Crippen molar-refractivity contribution in [1.29, 1.82) is 0 Å². The molecule has 1 aromatic rings. The lowest BCUT2D eigenvalue weighted by Crippen LogP contribution is -2.72. The Morgan fingerprint density at radius 3 is 2.07 bits per heavy atom. The first-order valence-corrected chi connectivity index (χ1v) is 12.3. The van der Waals surface area contributed by atoms with Crippen molar-refractivity contribution in [2.45, 2.75) is 57.9 Å². The maximum absolute atomic E-state index is 12.7. The van der Waals surface area contributed by atoms with Crippen molar-refractivity contribution in [3.63, 3.8) is 0 Å². The predicted octanol–water partition coefficient (Wildman–Crippen LogP) is 2.81. The molecule has 0 bridgehead atoms. The first-order chi connectivity index (χ1) is 12.5. The summed E-state index contributed by atoms with van der Waals surface area (Å²) in [6, 6.07) is 5.65. The fraction of sp³-hybridized carbons (Fsp3) is 0.550. The average molecular weight is 389 g/mol. The number of hydrogen-bond acceptors (Lipinski definition) is 4. The smallest absolute Gasteiger partial charge is 0.262 e. The van der Waals surface area contributed by atoms with Gasteiger partial charge in [-0.2, -0.15) is 0 Å². The molecule has 0 spiro atoms. The highest BCUT2D eigenvalue weighted by Gasteiger charge is 2.53. The van der Waals surface area contributed by atoms with E-state index in [9.17, 15) is 14.4 Å². The molecule has 27 heavy (non-hydrogen) atoms. The molecule has 3 atom stereocenters. The van der Waals surface area contributed by atoms with E-state index in [4.69, 9.17) is 4.43 Å². The molecule has 1 aromatic carbocycles. The number of imide groups is 1. The number of carbonyl (C=O) groups excluding carboxylic acids is 3. The maximum atomic E-state index is 12.7. The van der Waals surface area contributed by atoms with E-state index in [0.717, 1.165) is 4.90 Å². The third-order valence-corrected chi connectivity index (χ3v) is 10.6. The SMILES string of the molecule is C[C@@H](CO[Si](C)(C)C(C)(C)C)[C@H]1NC(=O)[C@H]1N1C(=O)c2ccccc2C1=O. The second-order valence-corrected chi connectivity index (χ2v) is 13.9. The van der Waals surface area contributed by atoms with Crippen molar-refractivity contribution in [3.8, 4) is 0 Å². The van der Waals surface area contributed by atoms with Gasteiger partial charge in [0.1, 0.15) is 6.04 Å². The Morgan fingerprint density at radius 2 is 1.63 bits per heavy atom. The number of amides is 3. The number of hydrogen-bond donors (Lipinski definition) is 1. The lowest BCUT2D eigenvalue weighted by Gasteiger charge is -2.45. The summed E-state index contributed by atoms with van der Waals surface area (Å²) in [6.07, 6.45) is 0. The molecule has 3 rings (SSSR count). The summed E-state index contributed by atoms with van der Waals surface area (Å²) in [5, 5.41) is 2.96. The molecule has 3 amide bonds. The first-order valence-electron chi connectivity index (χ1n) is 9.37. The molecule has 2 aliphatic rings. The van der Waals surface area contributed by atoms with Gasteiger partial charge in [0, 0.05) is 12.5 Å². The third kappa shape index (κ3) is 3.23. The zero-order valence-corrected chi connectivity index (χ0v) is 17.8. The van der Waals surface area contributed by atoms with Crippen LogP contribution in [-0.4, -0.2) is 49.6 Å². The van der Waals surface area contributed by atoms with Crippen molar-refractivity contribution in [1.82, 2.24) is 10.2 Å². The molecule has 0 saturated carbocycles. The highest BCUT2D eigenvalue weighted by molar-refractivity contribution is 6.74. The van der Waals surface area contributed by atoms with Crippen LogP contribution in [0.5, 0.6) is 0 Å². The summed E-state index contributed by atoms with van der Waals surface area (Å²) in [5.41, 5.74) is 0.734. The number of β-lactam (4-membered cyclic amide) rings is 1. The van der Waals surface area contributed by atoms with E-state index in [1.807, 2.05) is 6.92 Å². The Bertz CT molecular complexity index is 764. The van der Waals surface area contributed by atoms with Gasteiger partial charge in [0.25, 0.3) is 11.8 Å². The molecular formula is C20H28N2O4Si. The van der Waals surface area contributed by atoms with Crippen molar-refractivity contribution >= 4 is 26.0 Å². The molecule has 6 nitrogen and oxygen atoms in total.